The number of carbonyl (C=O) groups is 1. The van der Waals surface area contributed by atoms with Crippen molar-refractivity contribution in [2.45, 2.75) is 12.3 Å². The summed E-state index contributed by atoms with van der Waals surface area (Å²) in [5, 5.41) is 8.66. The maximum Gasteiger partial charge on any atom is 0.354 e. The Morgan fingerprint density at radius 2 is 2.27 bits per heavy atom. The van der Waals surface area contributed by atoms with E-state index in [2.05, 4.69) is 4.98 Å². The van der Waals surface area contributed by atoms with Crippen LogP contribution in [0.25, 0.3) is 0 Å². The lowest BCUT2D eigenvalue weighted by atomic mass is 10.1. The summed E-state index contributed by atoms with van der Waals surface area (Å²) in [6.45, 7) is 0. The number of aromatic carboxylic acids is 1. The third-order valence-corrected chi connectivity index (χ3v) is 2.79. The molecular formula is C8H5ClF2INO2. The lowest BCUT2D eigenvalue weighted by Crippen LogP contribution is -2.07. The fourth-order valence-corrected chi connectivity index (χ4v) is 2.09. The molecule has 0 unspecified atom stereocenters. The van der Waals surface area contributed by atoms with Gasteiger partial charge >= 0.3 is 5.97 Å². The van der Waals surface area contributed by atoms with Crippen LogP contribution in [0, 0.1) is 3.70 Å². The molecule has 0 aromatic carbocycles. The summed E-state index contributed by atoms with van der Waals surface area (Å²) in [7, 11) is 0. The summed E-state index contributed by atoms with van der Waals surface area (Å²) in [5.74, 6) is -1.43. The van der Waals surface area contributed by atoms with E-state index in [4.69, 9.17) is 16.7 Å². The fraction of sp³-hybridized carbons (Fsp3) is 0.250. The lowest BCUT2D eigenvalue weighted by molar-refractivity contribution is 0.0689. The molecule has 15 heavy (non-hydrogen) atoms. The first kappa shape index (κ1) is 12.6. The summed E-state index contributed by atoms with van der Waals surface area (Å²) < 4.78 is 25.1. The molecule has 0 bridgehead atoms. The van der Waals surface area contributed by atoms with E-state index in [0.29, 0.717) is 0 Å². The third kappa shape index (κ3) is 2.75. The van der Waals surface area contributed by atoms with Crippen molar-refractivity contribution in [1.29, 1.82) is 0 Å². The first-order chi connectivity index (χ1) is 6.97. The van der Waals surface area contributed by atoms with Crippen LogP contribution in [0.4, 0.5) is 8.78 Å². The Morgan fingerprint density at radius 3 is 2.67 bits per heavy atom. The van der Waals surface area contributed by atoms with Crippen LogP contribution in [-0.2, 0) is 5.88 Å². The molecule has 7 heteroatoms. The minimum Gasteiger partial charge on any atom is -0.477 e. The Balaban J connectivity index is 3.37. The number of nitrogens with zero attached hydrogens (tertiary/aromatic N) is 1. The van der Waals surface area contributed by atoms with Gasteiger partial charge in [-0.2, -0.15) is 0 Å². The molecule has 1 heterocycles. The van der Waals surface area contributed by atoms with Gasteiger partial charge in [-0.1, -0.05) is 0 Å². The van der Waals surface area contributed by atoms with Gasteiger partial charge in [0.1, 0.15) is 9.39 Å². The first-order valence-corrected chi connectivity index (χ1v) is 5.35. The minimum absolute atomic E-state index is 0.0295. The van der Waals surface area contributed by atoms with Gasteiger partial charge in [0, 0.05) is 5.88 Å². The van der Waals surface area contributed by atoms with Crippen LogP contribution in [0.15, 0.2) is 6.07 Å². The van der Waals surface area contributed by atoms with Crippen molar-refractivity contribution in [3.63, 3.8) is 0 Å². The van der Waals surface area contributed by atoms with Gasteiger partial charge in [-0.25, -0.2) is 18.6 Å². The maximum atomic E-state index is 12.6. The Morgan fingerprint density at radius 1 is 1.67 bits per heavy atom. The molecule has 0 fully saturated rings. The molecule has 0 amide bonds. The highest BCUT2D eigenvalue weighted by atomic mass is 127. The smallest absolute Gasteiger partial charge is 0.354 e. The van der Waals surface area contributed by atoms with Crippen molar-refractivity contribution in [1.82, 2.24) is 4.98 Å². The van der Waals surface area contributed by atoms with Crippen molar-refractivity contribution in [3.05, 3.63) is 26.6 Å². The van der Waals surface area contributed by atoms with E-state index in [9.17, 15) is 13.6 Å². The lowest BCUT2D eigenvalue weighted by Gasteiger charge is -2.09. The number of alkyl halides is 3. The number of pyridine rings is 1. The van der Waals surface area contributed by atoms with Gasteiger partial charge in [-0.3, -0.25) is 0 Å². The van der Waals surface area contributed by atoms with Crippen molar-refractivity contribution < 1.29 is 18.7 Å². The summed E-state index contributed by atoms with van der Waals surface area (Å²) in [4.78, 5) is 14.2. The topological polar surface area (TPSA) is 50.2 Å². The number of halogens is 4. The van der Waals surface area contributed by atoms with E-state index in [0.717, 1.165) is 6.07 Å². The first-order valence-electron chi connectivity index (χ1n) is 3.74. The third-order valence-electron chi connectivity index (χ3n) is 1.68. The highest BCUT2D eigenvalue weighted by molar-refractivity contribution is 14.1. The Bertz CT molecular complexity index is 400. The van der Waals surface area contributed by atoms with E-state index in [-0.39, 0.29) is 26.4 Å². The second-order valence-electron chi connectivity index (χ2n) is 2.61. The second kappa shape index (κ2) is 5.02. The molecule has 0 aliphatic heterocycles. The molecule has 3 nitrogen and oxygen atoms in total. The van der Waals surface area contributed by atoms with Crippen LogP contribution in [0.3, 0.4) is 0 Å². The molecule has 0 saturated heterocycles. The monoisotopic (exact) mass is 347 g/mol. The molecule has 0 aliphatic carbocycles. The van der Waals surface area contributed by atoms with Gasteiger partial charge in [-0.05, 0) is 34.2 Å². The molecule has 0 saturated carbocycles. The normalized spacial score (nSPS) is 10.7. The summed E-state index contributed by atoms with van der Waals surface area (Å²) in [5.41, 5.74) is -0.474. The van der Waals surface area contributed by atoms with E-state index < -0.39 is 12.4 Å². The molecule has 1 aromatic heterocycles. The van der Waals surface area contributed by atoms with E-state index >= 15 is 0 Å². The Kier molecular flexibility index (Phi) is 4.21. The average Bonchev–Trinajstić information content (AvgIpc) is 2.15. The predicted octanol–water partition coefficient (Wildman–Crippen LogP) is 3.06. The van der Waals surface area contributed by atoms with Crippen LogP contribution in [0.2, 0.25) is 0 Å². The molecule has 0 atom stereocenters. The zero-order chi connectivity index (χ0) is 11.6. The molecule has 0 spiro atoms. The zero-order valence-corrected chi connectivity index (χ0v) is 10.1. The number of aromatic nitrogens is 1. The predicted molar refractivity (Wildman–Crippen MR) is 58.4 cm³/mol. The maximum absolute atomic E-state index is 12.6. The molecule has 1 rings (SSSR count). The molecule has 1 aromatic rings. The van der Waals surface area contributed by atoms with Crippen LogP contribution >= 0.6 is 34.2 Å². The number of carboxylic acid groups (broad SMARTS) is 1. The average molecular weight is 347 g/mol. The second-order valence-corrected chi connectivity index (χ2v) is 3.90. The molecule has 1 N–H and O–H groups in total. The van der Waals surface area contributed by atoms with Crippen molar-refractivity contribution in [3.8, 4) is 0 Å². The fourth-order valence-electron chi connectivity index (χ4n) is 1.02. The molecule has 0 aliphatic rings. The van der Waals surface area contributed by atoms with Gasteiger partial charge in [0.25, 0.3) is 6.43 Å². The van der Waals surface area contributed by atoms with E-state index in [1.165, 1.54) is 0 Å². The van der Waals surface area contributed by atoms with Crippen LogP contribution in [0.1, 0.15) is 28.0 Å². The number of carboxylic acids is 1. The van der Waals surface area contributed by atoms with Gasteiger partial charge in [0.2, 0.25) is 0 Å². The Hall–Kier alpha value is -0.500. The Labute approximate surface area is 103 Å². The highest BCUT2D eigenvalue weighted by Crippen LogP contribution is 2.28. The SMILES string of the molecule is O=C(O)c1cc(CCl)c(C(F)F)c(I)n1. The molecule has 82 valence electrons. The van der Waals surface area contributed by atoms with Crippen LogP contribution < -0.4 is 0 Å². The van der Waals surface area contributed by atoms with Crippen molar-refractivity contribution in [2.24, 2.45) is 0 Å². The van der Waals surface area contributed by atoms with Crippen LogP contribution in [-0.4, -0.2) is 16.1 Å². The van der Waals surface area contributed by atoms with Gasteiger partial charge in [0.05, 0.1) is 5.56 Å². The largest absolute Gasteiger partial charge is 0.477 e. The molecule has 0 radical (unpaired) electrons. The van der Waals surface area contributed by atoms with E-state index in [1.54, 1.807) is 22.6 Å². The van der Waals surface area contributed by atoms with E-state index in [1.807, 2.05) is 0 Å². The summed E-state index contributed by atoms with van der Waals surface area (Å²) >= 11 is 7.04. The van der Waals surface area contributed by atoms with Crippen molar-refractivity contribution >= 4 is 40.2 Å². The minimum atomic E-state index is -2.71. The van der Waals surface area contributed by atoms with Gasteiger partial charge in [0.15, 0.2) is 0 Å². The quantitative estimate of drug-likeness (QED) is 0.519. The summed E-state index contributed by atoms with van der Waals surface area (Å²) in [6.07, 6.45) is -2.71. The number of rotatable bonds is 3. The van der Waals surface area contributed by atoms with Gasteiger partial charge < -0.3 is 5.11 Å². The van der Waals surface area contributed by atoms with Gasteiger partial charge in [-0.15, -0.1) is 11.6 Å². The molecular weight excluding hydrogens is 342 g/mol. The van der Waals surface area contributed by atoms with Crippen LogP contribution in [0.5, 0.6) is 0 Å². The number of hydrogen-bond acceptors (Lipinski definition) is 2. The standard InChI is InChI=1S/C8H5ClF2INO2/c9-2-3-1-4(8(14)15)13-7(12)5(3)6(10)11/h1,6H,2H2,(H,14,15). The zero-order valence-electron chi connectivity index (χ0n) is 7.18. The highest BCUT2D eigenvalue weighted by Gasteiger charge is 2.20. The van der Waals surface area contributed by atoms with Crippen molar-refractivity contribution in [2.75, 3.05) is 0 Å². The number of hydrogen-bond donors (Lipinski definition) is 1. The summed E-state index contributed by atoms with van der Waals surface area (Å²) in [6, 6.07) is 1.07.